The Hall–Kier alpha value is -4.02. The number of halogens is 1. The number of hydrogen-bond donors (Lipinski definition) is 1. The van der Waals surface area contributed by atoms with E-state index in [-0.39, 0.29) is 35.6 Å². The van der Waals surface area contributed by atoms with E-state index in [0.29, 0.717) is 28.6 Å². The Labute approximate surface area is 243 Å². The first-order valence-corrected chi connectivity index (χ1v) is 13.5. The van der Waals surface area contributed by atoms with Gasteiger partial charge in [-0.2, -0.15) is 0 Å². The number of amides is 1. The van der Waals surface area contributed by atoms with Gasteiger partial charge in [0.25, 0.3) is 5.91 Å². The normalized spacial score (nSPS) is 14.4. The Morgan fingerprint density at radius 2 is 1.76 bits per heavy atom. The molecule has 2 heterocycles. The lowest BCUT2D eigenvalue weighted by atomic mass is 10.1. The first-order valence-electron chi connectivity index (χ1n) is 13.1. The predicted molar refractivity (Wildman–Crippen MR) is 153 cm³/mol. The van der Waals surface area contributed by atoms with Gasteiger partial charge in [0.15, 0.2) is 24.7 Å². The number of ketones is 1. The fourth-order valence-corrected chi connectivity index (χ4v) is 4.84. The number of nitrogens with one attached hydrogen (secondary N) is 1. The number of aromatic nitrogens is 1. The fourth-order valence-electron chi connectivity index (χ4n) is 4.67. The van der Waals surface area contributed by atoms with E-state index in [2.05, 4.69) is 9.88 Å². The maximum absolute atomic E-state index is 12.9. The van der Waals surface area contributed by atoms with Crippen LogP contribution in [-0.2, 0) is 20.8 Å². The molecule has 0 radical (unpaired) electrons. The van der Waals surface area contributed by atoms with Gasteiger partial charge in [0, 0.05) is 35.1 Å². The van der Waals surface area contributed by atoms with Crippen molar-refractivity contribution in [3.63, 3.8) is 0 Å². The molecule has 1 aromatic heterocycles. The Kier molecular flexibility index (Phi) is 9.91. The summed E-state index contributed by atoms with van der Waals surface area (Å²) in [6.07, 6.45) is 2.18. The van der Waals surface area contributed by atoms with Gasteiger partial charge >= 0.3 is 5.97 Å². The molecular formula is C30H33ClN2O8. The van der Waals surface area contributed by atoms with E-state index in [0.717, 1.165) is 30.8 Å². The number of esters is 1. The summed E-state index contributed by atoms with van der Waals surface area (Å²) in [4.78, 5) is 38.1. The summed E-state index contributed by atoms with van der Waals surface area (Å²) in [6, 6.07) is 11.0. The lowest BCUT2D eigenvalue weighted by molar-refractivity contribution is -0.118. The molecule has 218 valence electrons. The Balaban J connectivity index is 1.33. The average molecular weight is 585 g/mol. The van der Waals surface area contributed by atoms with Gasteiger partial charge < -0.3 is 33.6 Å². The van der Waals surface area contributed by atoms with Gasteiger partial charge in [0.2, 0.25) is 5.78 Å². The third kappa shape index (κ3) is 7.39. The highest BCUT2D eigenvalue weighted by Gasteiger charge is 2.22. The number of ether oxygens (including phenoxy) is 5. The van der Waals surface area contributed by atoms with Gasteiger partial charge in [-0.15, -0.1) is 0 Å². The predicted octanol–water partition coefficient (Wildman–Crippen LogP) is 5.01. The van der Waals surface area contributed by atoms with Crippen LogP contribution >= 0.6 is 11.6 Å². The van der Waals surface area contributed by atoms with E-state index in [4.69, 9.17) is 35.3 Å². The summed E-state index contributed by atoms with van der Waals surface area (Å²) < 4.78 is 29.3. The lowest BCUT2D eigenvalue weighted by Crippen LogP contribution is -2.21. The molecule has 1 saturated heterocycles. The highest BCUT2D eigenvalue weighted by atomic mass is 35.5. The second kappa shape index (κ2) is 13.6. The Morgan fingerprint density at radius 3 is 2.46 bits per heavy atom. The van der Waals surface area contributed by atoms with Crippen molar-refractivity contribution in [2.75, 3.05) is 39.4 Å². The van der Waals surface area contributed by atoms with Crippen molar-refractivity contribution in [1.82, 2.24) is 4.57 Å². The maximum atomic E-state index is 12.9. The summed E-state index contributed by atoms with van der Waals surface area (Å²) in [5.41, 5.74) is 2.86. The number of Topliss-reactive ketones (excluding diaryl/α,β-unsaturated/α-hetero) is 1. The van der Waals surface area contributed by atoms with Crippen LogP contribution in [0.2, 0.25) is 5.02 Å². The van der Waals surface area contributed by atoms with E-state index < -0.39 is 18.5 Å². The van der Waals surface area contributed by atoms with E-state index >= 15 is 0 Å². The van der Waals surface area contributed by atoms with Crippen molar-refractivity contribution in [1.29, 1.82) is 0 Å². The molecule has 1 aliphatic heterocycles. The number of nitrogens with zero attached hydrogens (tertiary/aromatic N) is 1. The molecule has 0 bridgehead atoms. The highest BCUT2D eigenvalue weighted by molar-refractivity contribution is 6.31. The van der Waals surface area contributed by atoms with Crippen molar-refractivity contribution in [2.24, 2.45) is 0 Å². The molecule has 41 heavy (non-hydrogen) atoms. The highest BCUT2D eigenvalue weighted by Crippen LogP contribution is 2.30. The van der Waals surface area contributed by atoms with Gasteiger partial charge in [-0.3, -0.25) is 9.59 Å². The van der Waals surface area contributed by atoms with Crippen LogP contribution in [0.5, 0.6) is 17.2 Å². The second-order valence-electron chi connectivity index (χ2n) is 9.58. The van der Waals surface area contributed by atoms with Gasteiger partial charge in [0.1, 0.15) is 5.75 Å². The van der Waals surface area contributed by atoms with Crippen molar-refractivity contribution in [2.45, 2.75) is 39.3 Å². The summed E-state index contributed by atoms with van der Waals surface area (Å²) in [6.45, 7) is 4.53. The van der Waals surface area contributed by atoms with Crippen LogP contribution in [0.4, 0.5) is 5.69 Å². The number of carbonyl (C=O) groups excluding carboxylic acids is 3. The molecule has 3 aromatic rings. The second-order valence-corrected chi connectivity index (χ2v) is 10.0. The molecular weight excluding hydrogens is 552 g/mol. The van der Waals surface area contributed by atoms with Crippen LogP contribution < -0.4 is 19.5 Å². The number of aryl methyl sites for hydroxylation is 1. The van der Waals surface area contributed by atoms with Crippen molar-refractivity contribution in [3.8, 4) is 17.2 Å². The molecule has 0 spiro atoms. The Bertz CT molecular complexity index is 1430. The van der Waals surface area contributed by atoms with Crippen molar-refractivity contribution < 1.29 is 38.1 Å². The molecule has 10 nitrogen and oxygen atoms in total. The van der Waals surface area contributed by atoms with E-state index in [1.165, 1.54) is 32.4 Å². The largest absolute Gasteiger partial charge is 0.495 e. The zero-order chi connectivity index (χ0) is 29.5. The number of anilines is 1. The fraction of sp³-hybridized carbons (Fsp3) is 0.367. The maximum Gasteiger partial charge on any atom is 0.338 e. The van der Waals surface area contributed by atoms with E-state index in [1.807, 2.05) is 19.9 Å². The standard InChI is InChI=1S/C30H33ClN2O8/c1-18-12-23(19(2)33(18)15-22-6-5-11-39-22)25(34)16-41-30(36)20-7-9-27(28(13-20)38-4)40-17-29(35)32-24-14-21(31)8-10-26(24)37-3/h7-10,12-14,22H,5-6,11,15-17H2,1-4H3,(H,32,35)/t22-/m0/s1. The minimum atomic E-state index is -0.692. The first-order chi connectivity index (χ1) is 19.7. The smallest absolute Gasteiger partial charge is 0.338 e. The topological polar surface area (TPSA) is 114 Å². The molecule has 2 aromatic carbocycles. The molecule has 11 heteroatoms. The van der Waals surface area contributed by atoms with Gasteiger partial charge in [-0.05, 0) is 69.2 Å². The van der Waals surface area contributed by atoms with Crippen LogP contribution in [0.3, 0.4) is 0 Å². The third-order valence-electron chi connectivity index (χ3n) is 6.81. The molecule has 0 aliphatic carbocycles. The van der Waals surface area contributed by atoms with Gasteiger partial charge in [0.05, 0.1) is 31.6 Å². The van der Waals surface area contributed by atoms with Gasteiger partial charge in [-0.1, -0.05) is 11.6 Å². The van der Waals surface area contributed by atoms with E-state index in [1.54, 1.807) is 18.2 Å². The molecule has 0 saturated carbocycles. The van der Waals surface area contributed by atoms with Crippen LogP contribution in [0.25, 0.3) is 0 Å². The van der Waals surface area contributed by atoms with Crippen LogP contribution in [-0.4, -0.2) is 62.4 Å². The molecule has 1 atom stereocenters. The minimum absolute atomic E-state index is 0.142. The Morgan fingerprint density at radius 1 is 1.00 bits per heavy atom. The number of hydrogen-bond acceptors (Lipinski definition) is 8. The van der Waals surface area contributed by atoms with Crippen LogP contribution in [0.1, 0.15) is 44.9 Å². The minimum Gasteiger partial charge on any atom is -0.495 e. The van der Waals surface area contributed by atoms with Crippen molar-refractivity contribution in [3.05, 3.63) is 70.0 Å². The lowest BCUT2D eigenvalue weighted by Gasteiger charge is -2.15. The zero-order valence-electron chi connectivity index (χ0n) is 23.5. The SMILES string of the molecule is COc1ccc(Cl)cc1NC(=O)COc1ccc(C(=O)OCC(=O)c2cc(C)n(C[C@@H]3CCCO3)c2C)cc1OC. The molecule has 1 fully saturated rings. The number of rotatable bonds is 12. The molecule has 1 amide bonds. The monoisotopic (exact) mass is 584 g/mol. The van der Waals surface area contributed by atoms with Crippen LogP contribution in [0, 0.1) is 13.8 Å². The van der Waals surface area contributed by atoms with Crippen molar-refractivity contribution >= 4 is 34.9 Å². The number of carbonyl (C=O) groups is 3. The van der Waals surface area contributed by atoms with E-state index in [9.17, 15) is 14.4 Å². The third-order valence-corrected chi connectivity index (χ3v) is 7.05. The molecule has 4 rings (SSSR count). The first kappa shape index (κ1) is 30.0. The molecule has 1 N–H and O–H groups in total. The summed E-state index contributed by atoms with van der Waals surface area (Å²) in [5.74, 6) is -0.530. The number of methoxy groups -OCH3 is 2. The average Bonchev–Trinajstić information content (AvgIpc) is 3.58. The summed E-state index contributed by atoms with van der Waals surface area (Å²) >= 11 is 6.01. The zero-order valence-corrected chi connectivity index (χ0v) is 24.2. The molecule has 1 aliphatic rings. The molecule has 0 unspecified atom stereocenters. The van der Waals surface area contributed by atoms with Gasteiger partial charge in [-0.25, -0.2) is 4.79 Å². The number of benzene rings is 2. The summed E-state index contributed by atoms with van der Waals surface area (Å²) in [5, 5.41) is 3.12. The quantitative estimate of drug-likeness (QED) is 0.233. The van der Waals surface area contributed by atoms with Crippen LogP contribution in [0.15, 0.2) is 42.5 Å². The summed E-state index contributed by atoms with van der Waals surface area (Å²) in [7, 11) is 2.89.